The number of nitrogens with zero attached hydrogens (tertiary/aromatic N) is 2. The molecule has 0 bridgehead atoms. The average molecular weight is 310 g/mol. The number of aryl methyl sites for hydroxylation is 2. The molecule has 0 aliphatic carbocycles. The fourth-order valence-electron chi connectivity index (χ4n) is 2.37. The molecule has 0 saturated carbocycles. The lowest BCUT2D eigenvalue weighted by atomic mass is 10.1. The highest BCUT2D eigenvalue weighted by Crippen LogP contribution is 2.25. The molecule has 1 N–H and O–H groups in total. The first-order valence-corrected chi connectivity index (χ1v) is 6.97. The number of nitro benzene ring substituents is 1. The molecule has 1 heterocycles. The second-order valence-corrected chi connectivity index (χ2v) is 5.30. The molecule has 0 spiro atoms. The first kappa shape index (κ1) is 14.8. The molecule has 6 nitrogen and oxygen atoms in total. The van der Waals surface area contributed by atoms with Gasteiger partial charge in [-0.1, -0.05) is 0 Å². The summed E-state index contributed by atoms with van der Waals surface area (Å²) in [5.74, 6) is 0.653. The van der Waals surface area contributed by atoms with Crippen LogP contribution in [-0.2, 0) is 0 Å². The molecule has 0 fully saturated rings. The van der Waals surface area contributed by atoms with E-state index in [4.69, 9.17) is 4.42 Å². The van der Waals surface area contributed by atoms with Crippen molar-refractivity contribution < 1.29 is 14.4 Å². The number of hydrogen-bond donors (Lipinski definition) is 1. The van der Waals surface area contributed by atoms with E-state index in [1.165, 1.54) is 18.2 Å². The van der Waals surface area contributed by atoms with Crippen LogP contribution in [0.25, 0.3) is 23.3 Å². The highest BCUT2D eigenvalue weighted by molar-refractivity contribution is 5.78. The third-order valence-electron chi connectivity index (χ3n) is 3.53. The summed E-state index contributed by atoms with van der Waals surface area (Å²) in [7, 11) is 0. The largest absolute Gasteiger partial charge is 0.507 e. The number of aromatic hydroxyl groups is 1. The summed E-state index contributed by atoms with van der Waals surface area (Å²) in [6.07, 6.45) is 3.51. The van der Waals surface area contributed by atoms with Gasteiger partial charge in [-0.25, -0.2) is 4.98 Å². The number of aromatic nitrogens is 1. The molecule has 116 valence electrons. The molecule has 2 aromatic carbocycles. The van der Waals surface area contributed by atoms with E-state index in [1.807, 2.05) is 32.1 Å². The van der Waals surface area contributed by atoms with Crippen LogP contribution >= 0.6 is 0 Å². The number of benzene rings is 2. The number of nitro groups is 1. The molecular weight excluding hydrogens is 296 g/mol. The Morgan fingerprint density at radius 3 is 2.52 bits per heavy atom. The Morgan fingerprint density at radius 2 is 1.87 bits per heavy atom. The van der Waals surface area contributed by atoms with Crippen molar-refractivity contribution in [3.05, 3.63) is 63.0 Å². The zero-order chi connectivity index (χ0) is 16.6. The normalized spacial score (nSPS) is 11.4. The quantitative estimate of drug-likeness (QED) is 0.577. The molecule has 0 radical (unpaired) electrons. The lowest BCUT2D eigenvalue weighted by molar-refractivity contribution is -0.384. The molecule has 3 aromatic rings. The molecule has 0 aliphatic heterocycles. The summed E-state index contributed by atoms with van der Waals surface area (Å²) in [6.45, 7) is 3.66. The highest BCUT2D eigenvalue weighted by atomic mass is 16.6. The number of hydrogen-bond acceptors (Lipinski definition) is 5. The molecule has 3 rings (SSSR count). The maximum Gasteiger partial charge on any atom is 0.271 e. The second-order valence-electron chi connectivity index (χ2n) is 5.30. The van der Waals surface area contributed by atoms with Gasteiger partial charge in [0.15, 0.2) is 5.58 Å². The van der Waals surface area contributed by atoms with Gasteiger partial charge in [-0.3, -0.25) is 10.1 Å². The Bertz CT molecular complexity index is 918. The maximum absolute atomic E-state index is 10.8. The predicted molar refractivity (Wildman–Crippen MR) is 87.2 cm³/mol. The van der Waals surface area contributed by atoms with E-state index in [0.29, 0.717) is 17.0 Å². The molecule has 0 amide bonds. The van der Waals surface area contributed by atoms with Crippen molar-refractivity contribution in [2.75, 3.05) is 0 Å². The molecule has 0 atom stereocenters. The van der Waals surface area contributed by atoms with Gasteiger partial charge in [0.2, 0.25) is 5.89 Å². The van der Waals surface area contributed by atoms with E-state index in [0.717, 1.165) is 16.7 Å². The Hall–Kier alpha value is -3.15. The highest BCUT2D eigenvalue weighted by Gasteiger charge is 2.10. The molecule has 0 unspecified atom stereocenters. The SMILES string of the molecule is Cc1cc(/C=C/c2nc3cc([N+](=O)[O-])ccc3o2)cc(C)c1O. The summed E-state index contributed by atoms with van der Waals surface area (Å²) in [4.78, 5) is 14.5. The van der Waals surface area contributed by atoms with Gasteiger partial charge in [-0.05, 0) is 54.8 Å². The van der Waals surface area contributed by atoms with Crippen LogP contribution in [0.2, 0.25) is 0 Å². The molecule has 0 saturated heterocycles. The minimum atomic E-state index is -0.467. The molecule has 23 heavy (non-hydrogen) atoms. The maximum atomic E-state index is 10.8. The molecule has 1 aromatic heterocycles. The van der Waals surface area contributed by atoms with Gasteiger partial charge >= 0.3 is 0 Å². The number of non-ortho nitro benzene ring substituents is 1. The zero-order valence-corrected chi connectivity index (χ0v) is 12.6. The van der Waals surface area contributed by atoms with Gasteiger partial charge in [-0.2, -0.15) is 0 Å². The van der Waals surface area contributed by atoms with Gasteiger partial charge in [0.1, 0.15) is 11.3 Å². The van der Waals surface area contributed by atoms with Gasteiger partial charge in [0.05, 0.1) is 4.92 Å². The number of rotatable bonds is 3. The zero-order valence-electron chi connectivity index (χ0n) is 12.6. The minimum absolute atomic E-state index is 0.0221. The van der Waals surface area contributed by atoms with Crippen molar-refractivity contribution in [1.29, 1.82) is 0 Å². The van der Waals surface area contributed by atoms with Crippen LogP contribution in [0, 0.1) is 24.0 Å². The Labute approximate surface area is 131 Å². The fraction of sp³-hybridized carbons (Fsp3) is 0.118. The second kappa shape index (κ2) is 5.57. The van der Waals surface area contributed by atoms with Gasteiger partial charge in [0.25, 0.3) is 5.69 Å². The molecular formula is C17H14N2O4. The predicted octanol–water partition coefficient (Wildman–Crippen LogP) is 4.23. The van der Waals surface area contributed by atoms with Crippen molar-refractivity contribution in [2.24, 2.45) is 0 Å². The monoisotopic (exact) mass is 310 g/mol. The van der Waals surface area contributed by atoms with Crippen LogP contribution in [0.1, 0.15) is 22.6 Å². The summed E-state index contributed by atoms with van der Waals surface area (Å²) in [5, 5.41) is 20.5. The third-order valence-corrected chi connectivity index (χ3v) is 3.53. The average Bonchev–Trinajstić information content (AvgIpc) is 2.92. The number of oxazole rings is 1. The Kier molecular flexibility index (Phi) is 3.57. The van der Waals surface area contributed by atoms with E-state index in [2.05, 4.69) is 4.98 Å². The van der Waals surface area contributed by atoms with Crippen LogP contribution in [0.3, 0.4) is 0 Å². The summed E-state index contributed by atoms with van der Waals surface area (Å²) >= 11 is 0. The summed E-state index contributed by atoms with van der Waals surface area (Å²) < 4.78 is 5.54. The number of fused-ring (bicyclic) bond motifs is 1. The van der Waals surface area contributed by atoms with Crippen LogP contribution in [0.4, 0.5) is 5.69 Å². The van der Waals surface area contributed by atoms with Crippen molar-refractivity contribution >= 4 is 28.9 Å². The minimum Gasteiger partial charge on any atom is -0.507 e. The van der Waals surface area contributed by atoms with E-state index >= 15 is 0 Å². The number of phenols is 1. The van der Waals surface area contributed by atoms with Crippen LogP contribution in [0.15, 0.2) is 34.7 Å². The van der Waals surface area contributed by atoms with E-state index < -0.39 is 4.92 Å². The van der Waals surface area contributed by atoms with Crippen LogP contribution in [-0.4, -0.2) is 15.0 Å². The van der Waals surface area contributed by atoms with Gasteiger partial charge < -0.3 is 9.52 Å². The fourth-order valence-corrected chi connectivity index (χ4v) is 2.37. The van der Waals surface area contributed by atoms with Crippen molar-refractivity contribution in [3.8, 4) is 5.75 Å². The van der Waals surface area contributed by atoms with Crippen molar-refractivity contribution in [2.45, 2.75) is 13.8 Å². The van der Waals surface area contributed by atoms with Crippen molar-refractivity contribution in [1.82, 2.24) is 4.98 Å². The lowest BCUT2D eigenvalue weighted by Gasteiger charge is -2.04. The van der Waals surface area contributed by atoms with Crippen LogP contribution < -0.4 is 0 Å². The first-order valence-electron chi connectivity index (χ1n) is 6.97. The first-order chi connectivity index (χ1) is 10.9. The summed E-state index contributed by atoms with van der Waals surface area (Å²) in [5.41, 5.74) is 3.40. The molecule has 0 aliphatic rings. The van der Waals surface area contributed by atoms with E-state index in [-0.39, 0.29) is 11.4 Å². The Balaban J connectivity index is 1.93. The smallest absolute Gasteiger partial charge is 0.271 e. The van der Waals surface area contributed by atoms with E-state index in [1.54, 1.807) is 6.08 Å². The lowest BCUT2D eigenvalue weighted by Crippen LogP contribution is -1.86. The third kappa shape index (κ3) is 2.91. The van der Waals surface area contributed by atoms with Crippen LogP contribution in [0.5, 0.6) is 5.75 Å². The Morgan fingerprint density at radius 1 is 1.17 bits per heavy atom. The van der Waals surface area contributed by atoms with Crippen molar-refractivity contribution in [3.63, 3.8) is 0 Å². The standard InChI is InChI=1S/C17H14N2O4/c1-10-7-12(8-11(2)17(10)20)3-6-16-18-14-9-13(19(21)22)4-5-15(14)23-16/h3-9,20H,1-2H3/b6-3+. The topological polar surface area (TPSA) is 89.4 Å². The van der Waals surface area contributed by atoms with E-state index in [9.17, 15) is 15.2 Å². The summed E-state index contributed by atoms with van der Waals surface area (Å²) in [6, 6.07) is 8.00. The molecule has 6 heteroatoms. The van der Waals surface area contributed by atoms with Gasteiger partial charge in [0, 0.05) is 18.2 Å². The van der Waals surface area contributed by atoms with Gasteiger partial charge in [-0.15, -0.1) is 0 Å². The number of phenolic OH excluding ortho intramolecular Hbond substituents is 1.